The molecule has 1 heterocycles. The molecule has 0 amide bonds. The number of rotatable bonds is 4. The van der Waals surface area contributed by atoms with Gasteiger partial charge >= 0.3 is 0 Å². The summed E-state index contributed by atoms with van der Waals surface area (Å²) in [6.07, 6.45) is 0. The summed E-state index contributed by atoms with van der Waals surface area (Å²) in [6, 6.07) is 26.6. The Morgan fingerprint density at radius 1 is 0.667 bits per heavy atom. The van der Waals surface area contributed by atoms with Crippen LogP contribution < -0.4 is 9.47 Å². The zero-order chi connectivity index (χ0) is 17.9. The summed E-state index contributed by atoms with van der Waals surface area (Å²) in [4.78, 5) is 4.87. The SMILES string of the molecule is COc1ccc(-c2cc(-c3ccccc3)c3ccccc3n2)cc1OC.Cl. The van der Waals surface area contributed by atoms with Gasteiger partial charge in [-0.15, -0.1) is 12.4 Å². The van der Waals surface area contributed by atoms with Crippen molar-refractivity contribution in [2.45, 2.75) is 0 Å². The van der Waals surface area contributed by atoms with E-state index < -0.39 is 0 Å². The Balaban J connectivity index is 0.00000210. The van der Waals surface area contributed by atoms with Crippen LogP contribution in [0.3, 0.4) is 0 Å². The van der Waals surface area contributed by atoms with Gasteiger partial charge in [0.1, 0.15) is 0 Å². The van der Waals surface area contributed by atoms with Crippen LogP contribution in [0.4, 0.5) is 0 Å². The van der Waals surface area contributed by atoms with Gasteiger partial charge in [-0.3, -0.25) is 0 Å². The monoisotopic (exact) mass is 377 g/mol. The number of pyridine rings is 1. The molecule has 1 aromatic heterocycles. The van der Waals surface area contributed by atoms with Crippen molar-refractivity contribution in [2.75, 3.05) is 14.2 Å². The van der Waals surface area contributed by atoms with E-state index in [1.165, 1.54) is 11.1 Å². The van der Waals surface area contributed by atoms with Gasteiger partial charge in [-0.25, -0.2) is 4.98 Å². The summed E-state index contributed by atoms with van der Waals surface area (Å²) in [6.45, 7) is 0. The topological polar surface area (TPSA) is 31.4 Å². The Bertz CT molecular complexity index is 1060. The molecule has 3 nitrogen and oxygen atoms in total. The van der Waals surface area contributed by atoms with Gasteiger partial charge in [-0.05, 0) is 41.5 Å². The minimum Gasteiger partial charge on any atom is -0.493 e. The Kier molecular flexibility index (Phi) is 5.63. The number of ether oxygens (including phenoxy) is 2. The number of hydrogen-bond acceptors (Lipinski definition) is 3. The third-order valence-corrected chi connectivity index (χ3v) is 4.48. The molecule has 0 unspecified atom stereocenters. The van der Waals surface area contributed by atoms with E-state index in [0.29, 0.717) is 11.5 Å². The molecule has 0 spiro atoms. The lowest BCUT2D eigenvalue weighted by molar-refractivity contribution is 0.355. The van der Waals surface area contributed by atoms with Crippen LogP contribution in [0.2, 0.25) is 0 Å². The van der Waals surface area contributed by atoms with Crippen LogP contribution in [0.15, 0.2) is 78.9 Å². The Morgan fingerprint density at radius 3 is 2.11 bits per heavy atom. The molecule has 0 aliphatic carbocycles. The largest absolute Gasteiger partial charge is 0.493 e. The first-order chi connectivity index (χ1) is 12.8. The summed E-state index contributed by atoms with van der Waals surface area (Å²) in [5.41, 5.74) is 5.21. The third-order valence-electron chi connectivity index (χ3n) is 4.48. The molecular formula is C23H20ClNO2. The molecule has 0 N–H and O–H groups in total. The van der Waals surface area contributed by atoms with Crippen LogP contribution in [0.25, 0.3) is 33.3 Å². The molecule has 4 aromatic rings. The van der Waals surface area contributed by atoms with Gasteiger partial charge in [0.05, 0.1) is 25.4 Å². The summed E-state index contributed by atoms with van der Waals surface area (Å²) in [5.74, 6) is 1.40. The van der Waals surface area contributed by atoms with Crippen molar-refractivity contribution in [1.82, 2.24) is 4.98 Å². The lowest BCUT2D eigenvalue weighted by Crippen LogP contribution is -1.93. The van der Waals surface area contributed by atoms with Gasteiger partial charge in [-0.2, -0.15) is 0 Å². The highest BCUT2D eigenvalue weighted by atomic mass is 35.5. The van der Waals surface area contributed by atoms with Crippen molar-refractivity contribution in [3.63, 3.8) is 0 Å². The van der Waals surface area contributed by atoms with E-state index in [1.54, 1.807) is 14.2 Å². The molecule has 0 saturated heterocycles. The fourth-order valence-corrected chi connectivity index (χ4v) is 3.18. The second kappa shape index (κ2) is 8.11. The molecule has 0 aliphatic heterocycles. The van der Waals surface area contributed by atoms with Gasteiger partial charge in [0.2, 0.25) is 0 Å². The lowest BCUT2D eigenvalue weighted by Gasteiger charge is -2.12. The van der Waals surface area contributed by atoms with Gasteiger partial charge in [0.15, 0.2) is 11.5 Å². The van der Waals surface area contributed by atoms with Gasteiger partial charge in [0.25, 0.3) is 0 Å². The van der Waals surface area contributed by atoms with Crippen molar-refractivity contribution in [1.29, 1.82) is 0 Å². The Morgan fingerprint density at radius 2 is 1.37 bits per heavy atom. The van der Waals surface area contributed by atoms with Crippen LogP contribution in [0.1, 0.15) is 0 Å². The second-order valence-corrected chi connectivity index (χ2v) is 6.01. The average Bonchev–Trinajstić information content (AvgIpc) is 2.73. The Labute approximate surface area is 165 Å². The van der Waals surface area contributed by atoms with Crippen LogP contribution in [-0.2, 0) is 0 Å². The quantitative estimate of drug-likeness (QED) is 0.436. The number of aromatic nitrogens is 1. The van der Waals surface area contributed by atoms with E-state index in [1.807, 2.05) is 42.5 Å². The maximum atomic E-state index is 5.45. The van der Waals surface area contributed by atoms with Gasteiger partial charge in [-0.1, -0.05) is 48.5 Å². The molecular weight excluding hydrogens is 358 g/mol. The van der Waals surface area contributed by atoms with E-state index in [0.717, 1.165) is 22.2 Å². The first-order valence-electron chi connectivity index (χ1n) is 8.48. The van der Waals surface area contributed by atoms with E-state index in [4.69, 9.17) is 14.5 Å². The number of methoxy groups -OCH3 is 2. The van der Waals surface area contributed by atoms with Crippen LogP contribution in [0.5, 0.6) is 11.5 Å². The van der Waals surface area contributed by atoms with Crippen molar-refractivity contribution in [3.05, 3.63) is 78.9 Å². The third kappa shape index (κ3) is 3.60. The number of fused-ring (bicyclic) bond motifs is 1. The molecule has 4 heteroatoms. The average molecular weight is 378 g/mol. The summed E-state index contributed by atoms with van der Waals surface area (Å²) < 4.78 is 10.8. The van der Waals surface area contributed by atoms with E-state index in [-0.39, 0.29) is 12.4 Å². The fourth-order valence-electron chi connectivity index (χ4n) is 3.18. The summed E-state index contributed by atoms with van der Waals surface area (Å²) in [5, 5.41) is 1.14. The second-order valence-electron chi connectivity index (χ2n) is 6.01. The molecule has 3 aromatic carbocycles. The van der Waals surface area contributed by atoms with Crippen molar-refractivity contribution < 1.29 is 9.47 Å². The summed E-state index contributed by atoms with van der Waals surface area (Å²) in [7, 11) is 3.28. The Hall–Kier alpha value is -3.04. The predicted molar refractivity (Wildman–Crippen MR) is 113 cm³/mol. The first-order valence-corrected chi connectivity index (χ1v) is 8.48. The number of hydrogen-bond donors (Lipinski definition) is 0. The molecule has 4 rings (SSSR count). The normalized spacial score (nSPS) is 10.3. The van der Waals surface area contributed by atoms with Crippen LogP contribution in [-0.4, -0.2) is 19.2 Å². The zero-order valence-electron chi connectivity index (χ0n) is 15.2. The fraction of sp³-hybridized carbons (Fsp3) is 0.0870. The minimum atomic E-state index is 0. The highest BCUT2D eigenvalue weighted by Gasteiger charge is 2.11. The van der Waals surface area contributed by atoms with E-state index in [2.05, 4.69) is 36.4 Å². The van der Waals surface area contributed by atoms with Crippen molar-refractivity contribution in [3.8, 4) is 33.9 Å². The maximum absolute atomic E-state index is 5.45. The molecule has 0 bridgehead atoms. The first kappa shape index (κ1) is 18.7. The van der Waals surface area contributed by atoms with Crippen LogP contribution >= 0.6 is 12.4 Å². The van der Waals surface area contributed by atoms with E-state index in [9.17, 15) is 0 Å². The molecule has 0 radical (unpaired) electrons. The standard InChI is InChI=1S/C23H19NO2.ClH/c1-25-22-13-12-17(14-23(22)26-2)21-15-19(16-8-4-3-5-9-16)18-10-6-7-11-20(18)24-21;/h3-15H,1-2H3;1H. The highest BCUT2D eigenvalue weighted by Crippen LogP contribution is 2.35. The molecule has 27 heavy (non-hydrogen) atoms. The van der Waals surface area contributed by atoms with Crippen molar-refractivity contribution in [2.24, 2.45) is 0 Å². The van der Waals surface area contributed by atoms with Gasteiger partial charge in [0, 0.05) is 10.9 Å². The zero-order valence-corrected chi connectivity index (χ0v) is 16.0. The molecule has 0 aliphatic rings. The molecule has 136 valence electrons. The molecule has 0 atom stereocenters. The maximum Gasteiger partial charge on any atom is 0.161 e. The van der Waals surface area contributed by atoms with Gasteiger partial charge < -0.3 is 9.47 Å². The van der Waals surface area contributed by atoms with Crippen molar-refractivity contribution >= 4 is 23.3 Å². The smallest absolute Gasteiger partial charge is 0.161 e. The predicted octanol–water partition coefficient (Wildman–Crippen LogP) is 6.01. The van der Waals surface area contributed by atoms with Crippen LogP contribution in [0, 0.1) is 0 Å². The highest BCUT2D eigenvalue weighted by molar-refractivity contribution is 5.96. The number of para-hydroxylation sites is 1. The number of benzene rings is 3. The molecule has 0 fully saturated rings. The van der Waals surface area contributed by atoms with E-state index >= 15 is 0 Å². The minimum absolute atomic E-state index is 0. The summed E-state index contributed by atoms with van der Waals surface area (Å²) >= 11 is 0. The lowest BCUT2D eigenvalue weighted by atomic mass is 9.98. The number of halogens is 1. The molecule has 0 saturated carbocycles. The number of nitrogens with zero attached hydrogens (tertiary/aromatic N) is 1.